The van der Waals surface area contributed by atoms with Crippen LogP contribution in [-0.2, 0) is 23.5 Å². The number of β-lactam (4-membered cyclic amide) rings is 1. The van der Waals surface area contributed by atoms with E-state index in [1.807, 2.05) is 0 Å². The molecule has 152 valence electrons. The smallest absolute Gasteiger partial charge is 0.351 e. The van der Waals surface area contributed by atoms with Crippen LogP contribution >= 0.6 is 19.4 Å². The van der Waals surface area contributed by atoms with Crippen molar-refractivity contribution in [3.8, 4) is 0 Å². The van der Waals surface area contributed by atoms with Gasteiger partial charge in [-0.2, -0.15) is 0 Å². The first-order valence-electron chi connectivity index (χ1n) is 8.47. The highest BCUT2D eigenvalue weighted by molar-refractivity contribution is 8.02. The zero-order valence-corrected chi connectivity index (χ0v) is 17.1. The summed E-state index contributed by atoms with van der Waals surface area (Å²) in [5.41, 5.74) is 0.299. The molecule has 3 N–H and O–H groups in total. The summed E-state index contributed by atoms with van der Waals surface area (Å²) in [4.78, 5) is 48.3. The van der Waals surface area contributed by atoms with Crippen molar-refractivity contribution in [2.45, 2.75) is 41.7 Å². The number of thioether (sulfide) groups is 1. The third kappa shape index (κ3) is 3.34. The molecule has 0 spiro atoms. The lowest BCUT2D eigenvalue weighted by molar-refractivity contribution is -0.152. The average molecular weight is 428 g/mol. The third-order valence-electron chi connectivity index (χ3n) is 4.90. The second kappa shape index (κ2) is 7.18. The second-order valence-corrected chi connectivity index (χ2v) is 10.9. The molecule has 2 saturated heterocycles. The highest BCUT2D eigenvalue weighted by atomic mass is 32.2. The van der Waals surface area contributed by atoms with Crippen LogP contribution in [0.5, 0.6) is 0 Å². The Kier molecular flexibility index (Phi) is 5.35. The third-order valence-corrected chi connectivity index (χ3v) is 8.68. The van der Waals surface area contributed by atoms with Crippen LogP contribution in [0, 0.1) is 0 Å². The number of nitrogens with zero attached hydrogens (tertiary/aromatic N) is 1. The van der Waals surface area contributed by atoms with Crippen LogP contribution in [0.2, 0.25) is 0 Å². The molecule has 11 heteroatoms. The van der Waals surface area contributed by atoms with Crippen LogP contribution in [0.1, 0.15) is 25.3 Å². The quantitative estimate of drug-likeness (QED) is 0.350. The van der Waals surface area contributed by atoms with Gasteiger partial charge in [-0.25, -0.2) is 0 Å². The van der Waals surface area contributed by atoms with Gasteiger partial charge in [0.25, 0.3) is 0 Å². The Bertz CT molecular complexity index is 862. The molecule has 4 unspecified atom stereocenters. The molecule has 2 heterocycles. The van der Waals surface area contributed by atoms with E-state index in [1.54, 1.807) is 32.0 Å². The van der Waals surface area contributed by atoms with Crippen LogP contribution in [0.15, 0.2) is 30.3 Å². The fourth-order valence-corrected chi connectivity index (χ4v) is 7.40. The van der Waals surface area contributed by atoms with Crippen molar-refractivity contribution in [2.24, 2.45) is 0 Å². The molecule has 0 bridgehead atoms. The fourth-order valence-electron chi connectivity index (χ4n) is 3.65. The lowest BCUT2D eigenvalue weighted by Crippen LogP contribution is -2.69. The molecule has 9 nitrogen and oxygen atoms in total. The van der Waals surface area contributed by atoms with E-state index in [9.17, 15) is 28.9 Å². The Morgan fingerprint density at radius 2 is 1.93 bits per heavy atom. The van der Waals surface area contributed by atoms with Gasteiger partial charge >= 0.3 is 13.6 Å². The zero-order chi connectivity index (χ0) is 20.9. The summed E-state index contributed by atoms with van der Waals surface area (Å²) in [5.74, 6) is -5.18. The Hall–Kier alpha value is -1.87. The van der Waals surface area contributed by atoms with Crippen LogP contribution in [0.4, 0.5) is 0 Å². The average Bonchev–Trinajstić information content (AvgIpc) is 2.89. The molecule has 0 radical (unpaired) electrons. The van der Waals surface area contributed by atoms with Crippen molar-refractivity contribution in [2.75, 3.05) is 7.11 Å². The maximum Gasteiger partial charge on any atom is 0.351 e. The molecule has 2 amide bonds. The van der Waals surface area contributed by atoms with Gasteiger partial charge in [-0.15, -0.1) is 11.8 Å². The topological polar surface area (TPSA) is 133 Å². The number of aliphatic carboxylic acids is 1. The number of carbonyl (C=O) groups is 3. The predicted octanol–water partition coefficient (Wildman–Crippen LogP) is 1.19. The second-order valence-electron chi connectivity index (χ2n) is 7.15. The summed E-state index contributed by atoms with van der Waals surface area (Å²) in [6.45, 7) is 3.44. The van der Waals surface area contributed by atoms with E-state index in [-0.39, 0.29) is 0 Å². The number of carboxylic acid groups (broad SMARTS) is 1. The van der Waals surface area contributed by atoms with E-state index in [2.05, 4.69) is 5.32 Å². The zero-order valence-electron chi connectivity index (χ0n) is 15.4. The Balaban J connectivity index is 1.80. The lowest BCUT2D eigenvalue weighted by atomic mass is 9.97. The van der Waals surface area contributed by atoms with E-state index >= 15 is 0 Å². The SMILES string of the molecule is COP(=O)(O)C1N2C(=O)C(NC(=O)C(C(=O)O)c3ccccc3)[C@H]2SC1(C)C. The summed E-state index contributed by atoms with van der Waals surface area (Å²) < 4.78 is 16.4. The summed E-state index contributed by atoms with van der Waals surface area (Å²) >= 11 is 1.27. The van der Waals surface area contributed by atoms with Gasteiger partial charge in [0, 0.05) is 11.9 Å². The number of carboxylic acids is 1. The molecule has 2 fully saturated rings. The molecule has 2 aliphatic rings. The summed E-state index contributed by atoms with van der Waals surface area (Å²) in [6, 6.07) is 7.03. The van der Waals surface area contributed by atoms with Crippen molar-refractivity contribution < 1.29 is 33.5 Å². The van der Waals surface area contributed by atoms with Crippen LogP contribution in [-0.4, -0.2) is 61.7 Å². The minimum Gasteiger partial charge on any atom is -0.480 e. The fraction of sp³-hybridized carbons (Fsp3) is 0.471. The molecule has 3 rings (SSSR count). The van der Waals surface area contributed by atoms with Crippen molar-refractivity contribution in [3.05, 3.63) is 35.9 Å². The number of benzene rings is 1. The van der Waals surface area contributed by atoms with E-state index < -0.39 is 53.2 Å². The first-order chi connectivity index (χ1) is 13.0. The number of carbonyl (C=O) groups excluding carboxylic acids is 2. The largest absolute Gasteiger partial charge is 0.480 e. The van der Waals surface area contributed by atoms with E-state index in [1.165, 1.54) is 28.8 Å². The van der Waals surface area contributed by atoms with Crippen molar-refractivity contribution in [3.63, 3.8) is 0 Å². The molecule has 1 aromatic rings. The maximum absolute atomic E-state index is 12.6. The maximum atomic E-state index is 12.6. The van der Waals surface area contributed by atoms with Crippen molar-refractivity contribution in [1.82, 2.24) is 10.2 Å². The molecule has 5 atom stereocenters. The summed E-state index contributed by atoms with van der Waals surface area (Å²) in [6.07, 6.45) is 0. The number of rotatable bonds is 6. The van der Waals surface area contributed by atoms with E-state index in [0.29, 0.717) is 5.56 Å². The minimum absolute atomic E-state index is 0.299. The number of fused-ring (bicyclic) bond motifs is 1. The highest BCUT2D eigenvalue weighted by Crippen LogP contribution is 2.64. The summed E-state index contributed by atoms with van der Waals surface area (Å²) in [7, 11) is -2.98. The number of nitrogens with one attached hydrogen (secondary N) is 1. The normalized spacial score (nSPS) is 28.6. The number of hydrogen-bond donors (Lipinski definition) is 3. The summed E-state index contributed by atoms with van der Waals surface area (Å²) in [5, 5.41) is 11.4. The first-order valence-corrected chi connectivity index (χ1v) is 11.0. The Labute approximate surface area is 166 Å². The van der Waals surface area contributed by atoms with Gasteiger partial charge in [-0.1, -0.05) is 30.3 Å². The van der Waals surface area contributed by atoms with E-state index in [4.69, 9.17) is 4.52 Å². The van der Waals surface area contributed by atoms with Gasteiger partial charge < -0.3 is 24.7 Å². The van der Waals surface area contributed by atoms with Gasteiger partial charge in [-0.3, -0.25) is 18.9 Å². The van der Waals surface area contributed by atoms with Gasteiger partial charge in [0.1, 0.15) is 17.2 Å². The molecule has 2 aliphatic heterocycles. The lowest BCUT2D eigenvalue weighted by Gasteiger charge is -2.45. The van der Waals surface area contributed by atoms with Gasteiger partial charge in [0.15, 0.2) is 5.92 Å². The molecule has 0 aliphatic carbocycles. The van der Waals surface area contributed by atoms with E-state index in [0.717, 1.165) is 7.11 Å². The standard InChI is InChI=1S/C17H21N2O7PS/c1-17(2)16(27(24,25)26-3)19-13(21)11(14(19)28-17)18-12(20)10(15(22)23)9-7-5-4-6-8-9/h4-8,10-11,14,16H,1-3H3,(H,18,20)(H,22,23)(H,24,25)/t10?,11?,14-,16?/m1/s1. The predicted molar refractivity (Wildman–Crippen MR) is 102 cm³/mol. The van der Waals surface area contributed by atoms with Crippen molar-refractivity contribution >= 4 is 37.1 Å². The molecule has 0 aromatic heterocycles. The molecule has 1 aromatic carbocycles. The molecule has 28 heavy (non-hydrogen) atoms. The molecular weight excluding hydrogens is 407 g/mol. The first kappa shape index (κ1) is 20.9. The van der Waals surface area contributed by atoms with Crippen LogP contribution in [0.25, 0.3) is 0 Å². The number of hydrogen-bond acceptors (Lipinski definition) is 6. The van der Waals surface area contributed by atoms with Crippen molar-refractivity contribution in [1.29, 1.82) is 0 Å². The van der Waals surface area contributed by atoms with Gasteiger partial charge in [0.2, 0.25) is 11.8 Å². The highest BCUT2D eigenvalue weighted by Gasteiger charge is 2.67. The van der Waals surface area contributed by atoms with Crippen LogP contribution in [0.3, 0.4) is 0 Å². The van der Waals surface area contributed by atoms with Crippen LogP contribution < -0.4 is 5.32 Å². The number of amides is 2. The van der Waals surface area contributed by atoms with Gasteiger partial charge in [0.05, 0.1) is 0 Å². The minimum atomic E-state index is -4.09. The Morgan fingerprint density at radius 3 is 2.46 bits per heavy atom. The Morgan fingerprint density at radius 1 is 1.32 bits per heavy atom. The van der Waals surface area contributed by atoms with Gasteiger partial charge in [-0.05, 0) is 19.4 Å². The monoisotopic (exact) mass is 428 g/mol. The molecular formula is C17H21N2O7PS. The molecule has 0 saturated carbocycles.